The van der Waals surface area contributed by atoms with Gasteiger partial charge in [0.25, 0.3) is 0 Å². The van der Waals surface area contributed by atoms with Crippen LogP contribution in [0.4, 0.5) is 10.3 Å². The van der Waals surface area contributed by atoms with E-state index in [0.29, 0.717) is 41.0 Å². The topological polar surface area (TPSA) is 123 Å². The van der Waals surface area contributed by atoms with Crippen molar-refractivity contribution in [3.8, 4) is 28.4 Å². The highest BCUT2D eigenvalue weighted by molar-refractivity contribution is 5.83. The van der Waals surface area contributed by atoms with Gasteiger partial charge in [0.2, 0.25) is 18.1 Å². The summed E-state index contributed by atoms with van der Waals surface area (Å²) >= 11 is 0. The number of amides is 1. The number of hydrogen-bond donors (Lipinski definition) is 3. The monoisotopic (exact) mass is 600 g/mol. The number of hydrogen-bond acceptors (Lipinski definition) is 8. The first-order valence-electron chi connectivity index (χ1n) is 15.0. The lowest BCUT2D eigenvalue weighted by Crippen LogP contribution is -2.51. The van der Waals surface area contributed by atoms with Crippen LogP contribution in [0.25, 0.3) is 22.6 Å². The molecule has 0 radical (unpaired) electrons. The Morgan fingerprint density at radius 3 is 2.45 bits per heavy atom. The van der Waals surface area contributed by atoms with E-state index in [1.54, 1.807) is 31.5 Å². The molecular formula is C33H37FN6O4. The summed E-state index contributed by atoms with van der Waals surface area (Å²) in [6.07, 6.45) is 6.37. The van der Waals surface area contributed by atoms with Crippen LogP contribution in [0.2, 0.25) is 0 Å². The van der Waals surface area contributed by atoms with Crippen LogP contribution in [0.15, 0.2) is 60.8 Å². The summed E-state index contributed by atoms with van der Waals surface area (Å²) in [6, 6.07) is 15.8. The molecule has 1 amide bonds. The smallest absolute Gasteiger partial charge is 0.230 e. The zero-order valence-electron chi connectivity index (χ0n) is 24.9. The number of H-pyrrole nitrogens is 1. The molecule has 0 atom stereocenters. The molecule has 0 spiro atoms. The van der Waals surface area contributed by atoms with Crippen molar-refractivity contribution < 1.29 is 23.4 Å². The zero-order valence-corrected chi connectivity index (χ0v) is 24.9. The van der Waals surface area contributed by atoms with Gasteiger partial charge >= 0.3 is 0 Å². The van der Waals surface area contributed by atoms with Crippen LogP contribution >= 0.6 is 0 Å². The van der Waals surface area contributed by atoms with Crippen molar-refractivity contribution in [1.29, 1.82) is 0 Å². The summed E-state index contributed by atoms with van der Waals surface area (Å²) in [4.78, 5) is 30.4. The number of nitrogens with zero attached hydrogens (tertiary/aromatic N) is 3. The standard InChI is InChI=1S/C33H37FN6O4/c1-33(31(41)37-24-6-4-3-5-7-24)19-43-30(44-20-33)29-39-27(22-10-12-23(34)13-11-22)28(40-29)26-16-17-35-32(38-26)36-18-21-8-14-25(42-2)15-9-21/h8-17,24,30H,3-7,18-20H2,1-2H3,(H,37,41)(H,39,40)(H,35,36,38). The number of imidazole rings is 1. The van der Waals surface area contributed by atoms with Crippen molar-refractivity contribution in [3.63, 3.8) is 0 Å². The maximum atomic E-state index is 13.8. The molecule has 1 aliphatic heterocycles. The molecule has 2 fully saturated rings. The molecule has 10 nitrogen and oxygen atoms in total. The second kappa shape index (κ2) is 13.1. The highest BCUT2D eigenvalue weighted by atomic mass is 19.1. The van der Waals surface area contributed by atoms with Gasteiger partial charge in [0.15, 0.2) is 5.82 Å². The lowest BCUT2D eigenvalue weighted by molar-refractivity contribution is -0.231. The maximum absolute atomic E-state index is 13.8. The van der Waals surface area contributed by atoms with Crippen LogP contribution in [-0.4, -0.2) is 52.2 Å². The Kier molecular flexibility index (Phi) is 8.85. The predicted molar refractivity (Wildman–Crippen MR) is 163 cm³/mol. The quantitative estimate of drug-likeness (QED) is 0.221. The summed E-state index contributed by atoms with van der Waals surface area (Å²) in [5.74, 6) is 1.26. The molecular weight excluding hydrogens is 563 g/mol. The van der Waals surface area contributed by atoms with Gasteiger partial charge in [-0.25, -0.2) is 19.3 Å². The molecule has 4 aromatic rings. The van der Waals surface area contributed by atoms with E-state index < -0.39 is 11.7 Å². The number of methoxy groups -OCH3 is 1. The molecule has 230 valence electrons. The van der Waals surface area contributed by atoms with E-state index in [1.807, 2.05) is 31.2 Å². The lowest BCUT2D eigenvalue weighted by atomic mass is 9.89. The number of rotatable bonds is 9. The highest BCUT2D eigenvalue weighted by Crippen LogP contribution is 2.36. The Morgan fingerprint density at radius 1 is 1.02 bits per heavy atom. The van der Waals surface area contributed by atoms with Gasteiger partial charge in [-0.3, -0.25) is 4.79 Å². The molecule has 6 rings (SSSR count). The van der Waals surface area contributed by atoms with Crippen LogP contribution < -0.4 is 15.4 Å². The number of aromatic nitrogens is 4. The van der Waals surface area contributed by atoms with Gasteiger partial charge in [-0.05, 0) is 67.8 Å². The van der Waals surface area contributed by atoms with Gasteiger partial charge in [-0.1, -0.05) is 31.4 Å². The normalized spacial score (nSPS) is 20.7. The van der Waals surface area contributed by atoms with Crippen LogP contribution in [0.1, 0.15) is 56.7 Å². The molecule has 2 aromatic heterocycles. The summed E-state index contributed by atoms with van der Waals surface area (Å²) in [5.41, 5.74) is 2.69. The number of ether oxygens (including phenoxy) is 3. The largest absolute Gasteiger partial charge is 0.497 e. The molecule has 0 unspecified atom stereocenters. The first-order valence-corrected chi connectivity index (χ1v) is 15.0. The summed E-state index contributed by atoms with van der Waals surface area (Å²) < 4.78 is 31.2. The third kappa shape index (κ3) is 6.74. The molecule has 11 heteroatoms. The fourth-order valence-corrected chi connectivity index (χ4v) is 5.52. The van der Waals surface area contributed by atoms with E-state index in [1.165, 1.54) is 18.6 Å². The Balaban J connectivity index is 1.20. The Bertz CT molecular complexity index is 1560. The number of halogens is 1. The van der Waals surface area contributed by atoms with Crippen LogP contribution in [0.5, 0.6) is 5.75 Å². The molecule has 2 aromatic carbocycles. The number of carbonyl (C=O) groups is 1. The number of benzene rings is 2. The molecule has 3 heterocycles. The van der Waals surface area contributed by atoms with Gasteiger partial charge in [0, 0.05) is 24.3 Å². The van der Waals surface area contributed by atoms with E-state index >= 15 is 0 Å². The number of aromatic amines is 1. The number of anilines is 1. The average Bonchev–Trinajstić information content (AvgIpc) is 3.51. The van der Waals surface area contributed by atoms with Crippen LogP contribution in [0.3, 0.4) is 0 Å². The van der Waals surface area contributed by atoms with Gasteiger partial charge in [-0.2, -0.15) is 0 Å². The molecule has 1 saturated heterocycles. The third-order valence-corrected chi connectivity index (χ3v) is 8.18. The Labute approximate surface area is 255 Å². The summed E-state index contributed by atoms with van der Waals surface area (Å²) in [5, 5.41) is 6.46. The molecule has 0 bridgehead atoms. The average molecular weight is 601 g/mol. The van der Waals surface area contributed by atoms with Crippen molar-refractivity contribution in [2.24, 2.45) is 5.41 Å². The second-order valence-electron chi connectivity index (χ2n) is 11.6. The molecule has 1 aliphatic carbocycles. The number of carbonyl (C=O) groups excluding carboxylic acids is 1. The molecule has 44 heavy (non-hydrogen) atoms. The van der Waals surface area contributed by atoms with E-state index in [4.69, 9.17) is 24.2 Å². The minimum atomic E-state index is -0.812. The Morgan fingerprint density at radius 2 is 1.75 bits per heavy atom. The van der Waals surface area contributed by atoms with E-state index in [9.17, 15) is 9.18 Å². The first kappa shape index (κ1) is 29.7. The molecule has 1 saturated carbocycles. The second-order valence-corrected chi connectivity index (χ2v) is 11.6. The Hall–Kier alpha value is -4.35. The SMILES string of the molecule is COc1ccc(CNc2nccc(-c3[nH]c(C4OCC(C)(C(=O)NC5CCCCC5)CO4)nc3-c3ccc(F)cc3)n2)cc1. The van der Waals surface area contributed by atoms with Crippen LogP contribution in [-0.2, 0) is 20.8 Å². The van der Waals surface area contributed by atoms with E-state index in [2.05, 4.69) is 20.6 Å². The van der Waals surface area contributed by atoms with Crippen molar-refractivity contribution in [2.45, 2.75) is 57.9 Å². The third-order valence-electron chi connectivity index (χ3n) is 8.18. The van der Waals surface area contributed by atoms with Crippen molar-refractivity contribution >= 4 is 11.9 Å². The van der Waals surface area contributed by atoms with Gasteiger partial charge in [0.05, 0.1) is 42.8 Å². The van der Waals surface area contributed by atoms with Crippen LogP contribution in [0, 0.1) is 11.2 Å². The molecule has 3 N–H and O–H groups in total. The predicted octanol–water partition coefficient (Wildman–Crippen LogP) is 5.79. The highest BCUT2D eigenvalue weighted by Gasteiger charge is 2.41. The molecule has 2 aliphatic rings. The maximum Gasteiger partial charge on any atom is 0.230 e. The summed E-state index contributed by atoms with van der Waals surface area (Å²) in [6.45, 7) is 2.75. The van der Waals surface area contributed by atoms with Crippen molar-refractivity contribution in [2.75, 3.05) is 25.6 Å². The van der Waals surface area contributed by atoms with E-state index in [-0.39, 0.29) is 31.0 Å². The van der Waals surface area contributed by atoms with Crippen molar-refractivity contribution in [3.05, 3.63) is 78.0 Å². The zero-order chi connectivity index (χ0) is 30.5. The van der Waals surface area contributed by atoms with Gasteiger partial charge in [0.1, 0.15) is 11.6 Å². The summed E-state index contributed by atoms with van der Waals surface area (Å²) in [7, 11) is 1.63. The minimum Gasteiger partial charge on any atom is -0.497 e. The van der Waals surface area contributed by atoms with Crippen molar-refractivity contribution in [1.82, 2.24) is 25.3 Å². The van der Waals surface area contributed by atoms with E-state index in [0.717, 1.165) is 37.0 Å². The van der Waals surface area contributed by atoms with Gasteiger partial charge < -0.3 is 29.8 Å². The number of nitrogens with one attached hydrogen (secondary N) is 3. The first-order chi connectivity index (χ1) is 21.4. The fraction of sp³-hybridized carbons (Fsp3) is 0.394. The lowest BCUT2D eigenvalue weighted by Gasteiger charge is -2.37. The minimum absolute atomic E-state index is 0.0503. The fourth-order valence-electron chi connectivity index (χ4n) is 5.52. The van der Waals surface area contributed by atoms with Gasteiger partial charge in [-0.15, -0.1) is 0 Å².